The Morgan fingerprint density at radius 3 is 2.76 bits per heavy atom. The summed E-state index contributed by atoms with van der Waals surface area (Å²) in [7, 11) is 0. The second-order valence-electron chi connectivity index (χ2n) is 3.79. The van der Waals surface area contributed by atoms with Crippen molar-refractivity contribution >= 4 is 17.1 Å². The highest BCUT2D eigenvalue weighted by Gasteiger charge is 2.27. The van der Waals surface area contributed by atoms with Crippen molar-refractivity contribution in [1.82, 2.24) is 14.5 Å². The Hall–Kier alpha value is -1.79. The van der Waals surface area contributed by atoms with Crippen molar-refractivity contribution in [2.45, 2.75) is 26.1 Å². The number of nitrogens with two attached hydrogens (primary N) is 1. The number of pyridine rings is 1. The molecule has 4 nitrogen and oxygen atoms in total. The fourth-order valence-corrected chi connectivity index (χ4v) is 1.61. The van der Waals surface area contributed by atoms with E-state index in [1.54, 1.807) is 6.07 Å². The van der Waals surface area contributed by atoms with Crippen LogP contribution in [0.2, 0.25) is 0 Å². The number of nitrogens with zero attached hydrogens (tertiary/aromatic N) is 3. The van der Waals surface area contributed by atoms with Crippen LogP contribution >= 0.6 is 0 Å². The number of fused-ring (bicyclic) bond motifs is 1. The molecule has 0 saturated heterocycles. The van der Waals surface area contributed by atoms with E-state index in [0.29, 0.717) is 11.2 Å². The molecule has 17 heavy (non-hydrogen) atoms. The SMILES string of the molecule is Cc1ccnc2c1nc(N)n2CCC(F)(F)F. The van der Waals surface area contributed by atoms with Gasteiger partial charge in [-0.25, -0.2) is 9.97 Å². The minimum Gasteiger partial charge on any atom is -0.369 e. The summed E-state index contributed by atoms with van der Waals surface area (Å²) in [4.78, 5) is 8.04. The lowest BCUT2D eigenvalue weighted by Gasteiger charge is -2.08. The van der Waals surface area contributed by atoms with Gasteiger partial charge in [-0.2, -0.15) is 13.2 Å². The zero-order chi connectivity index (χ0) is 12.6. The summed E-state index contributed by atoms with van der Waals surface area (Å²) in [5.74, 6) is 0.0612. The second kappa shape index (κ2) is 3.90. The standard InChI is InChI=1S/C10H11F3N4/c1-6-2-4-15-8-7(6)16-9(14)17(8)5-3-10(11,12)13/h2,4H,3,5H2,1H3,(H2,14,16). The van der Waals surface area contributed by atoms with E-state index in [1.165, 1.54) is 10.8 Å². The zero-order valence-electron chi connectivity index (χ0n) is 9.12. The summed E-state index contributed by atoms with van der Waals surface area (Å²) >= 11 is 0. The molecule has 2 aromatic rings. The fourth-order valence-electron chi connectivity index (χ4n) is 1.61. The first-order chi connectivity index (χ1) is 7.88. The molecular weight excluding hydrogens is 233 g/mol. The first kappa shape index (κ1) is 11.7. The number of rotatable bonds is 2. The molecule has 0 aromatic carbocycles. The average Bonchev–Trinajstić information content (AvgIpc) is 2.52. The predicted molar refractivity (Wildman–Crippen MR) is 57.3 cm³/mol. The molecule has 0 unspecified atom stereocenters. The minimum absolute atomic E-state index is 0.0612. The van der Waals surface area contributed by atoms with Gasteiger partial charge in [0, 0.05) is 12.7 Å². The van der Waals surface area contributed by atoms with Crippen molar-refractivity contribution in [1.29, 1.82) is 0 Å². The lowest BCUT2D eigenvalue weighted by molar-refractivity contribution is -0.136. The monoisotopic (exact) mass is 244 g/mol. The van der Waals surface area contributed by atoms with Crippen LogP contribution in [0, 0.1) is 6.92 Å². The van der Waals surface area contributed by atoms with Crippen LogP contribution in [0.4, 0.5) is 19.1 Å². The van der Waals surface area contributed by atoms with Gasteiger partial charge in [-0.15, -0.1) is 0 Å². The van der Waals surface area contributed by atoms with Crippen molar-refractivity contribution in [2.24, 2.45) is 0 Å². The summed E-state index contributed by atoms with van der Waals surface area (Å²) in [6.45, 7) is 1.55. The number of nitrogen functional groups attached to an aromatic ring is 1. The molecule has 0 aliphatic carbocycles. The van der Waals surface area contributed by atoms with E-state index >= 15 is 0 Å². The summed E-state index contributed by atoms with van der Waals surface area (Å²) in [5, 5.41) is 0. The van der Waals surface area contributed by atoms with Crippen LogP contribution in [0.5, 0.6) is 0 Å². The summed E-state index contributed by atoms with van der Waals surface area (Å²) in [6, 6.07) is 1.74. The van der Waals surface area contributed by atoms with Crippen molar-refractivity contribution in [3.8, 4) is 0 Å². The molecule has 2 N–H and O–H groups in total. The lowest BCUT2D eigenvalue weighted by Crippen LogP contribution is -2.13. The maximum Gasteiger partial charge on any atom is 0.390 e. The molecule has 0 aliphatic rings. The Morgan fingerprint density at radius 2 is 2.12 bits per heavy atom. The molecule has 0 saturated carbocycles. The summed E-state index contributed by atoms with van der Waals surface area (Å²) < 4.78 is 37.8. The average molecular weight is 244 g/mol. The summed E-state index contributed by atoms with van der Waals surface area (Å²) in [5.41, 5.74) is 7.38. The van der Waals surface area contributed by atoms with Gasteiger partial charge < -0.3 is 5.73 Å². The van der Waals surface area contributed by atoms with E-state index in [1.807, 2.05) is 6.92 Å². The van der Waals surface area contributed by atoms with E-state index in [9.17, 15) is 13.2 Å². The van der Waals surface area contributed by atoms with Crippen molar-refractivity contribution in [3.05, 3.63) is 17.8 Å². The highest BCUT2D eigenvalue weighted by molar-refractivity contribution is 5.77. The van der Waals surface area contributed by atoms with Crippen molar-refractivity contribution < 1.29 is 13.2 Å². The minimum atomic E-state index is -4.22. The van der Waals surface area contributed by atoms with E-state index in [2.05, 4.69) is 9.97 Å². The molecule has 0 amide bonds. The highest BCUT2D eigenvalue weighted by atomic mass is 19.4. The first-order valence-corrected chi connectivity index (χ1v) is 5.02. The normalized spacial score (nSPS) is 12.2. The zero-order valence-corrected chi connectivity index (χ0v) is 9.12. The quantitative estimate of drug-likeness (QED) is 0.881. The molecule has 0 radical (unpaired) electrons. The maximum absolute atomic E-state index is 12.2. The predicted octanol–water partition coefficient (Wildman–Crippen LogP) is 2.27. The Bertz CT molecular complexity index is 544. The van der Waals surface area contributed by atoms with Gasteiger partial charge in [0.05, 0.1) is 6.42 Å². The van der Waals surface area contributed by atoms with Gasteiger partial charge in [-0.05, 0) is 18.6 Å². The number of halogens is 3. The third-order valence-corrected chi connectivity index (χ3v) is 2.48. The van der Waals surface area contributed by atoms with Crippen LogP contribution in [0.3, 0.4) is 0 Å². The van der Waals surface area contributed by atoms with Crippen LogP contribution in [0.1, 0.15) is 12.0 Å². The van der Waals surface area contributed by atoms with Crippen LogP contribution < -0.4 is 5.73 Å². The molecule has 0 atom stereocenters. The maximum atomic E-state index is 12.2. The van der Waals surface area contributed by atoms with E-state index in [-0.39, 0.29) is 12.5 Å². The molecule has 0 spiro atoms. The molecule has 0 bridgehead atoms. The Morgan fingerprint density at radius 1 is 1.41 bits per heavy atom. The van der Waals surface area contributed by atoms with Crippen molar-refractivity contribution in [2.75, 3.05) is 5.73 Å². The molecule has 0 fully saturated rings. The second-order valence-corrected chi connectivity index (χ2v) is 3.79. The van der Waals surface area contributed by atoms with Gasteiger partial charge in [0.25, 0.3) is 0 Å². The molecule has 2 aromatic heterocycles. The largest absolute Gasteiger partial charge is 0.390 e. The molecular formula is C10H11F3N4. The van der Waals surface area contributed by atoms with Gasteiger partial charge in [-0.3, -0.25) is 4.57 Å². The van der Waals surface area contributed by atoms with Gasteiger partial charge >= 0.3 is 6.18 Å². The Kier molecular flexibility index (Phi) is 2.68. The molecule has 7 heteroatoms. The van der Waals surface area contributed by atoms with Crippen molar-refractivity contribution in [3.63, 3.8) is 0 Å². The van der Waals surface area contributed by atoms with E-state index in [4.69, 9.17) is 5.73 Å². The lowest BCUT2D eigenvalue weighted by atomic mass is 10.3. The molecule has 2 heterocycles. The smallest absolute Gasteiger partial charge is 0.369 e. The Balaban J connectivity index is 2.40. The highest BCUT2D eigenvalue weighted by Crippen LogP contribution is 2.24. The van der Waals surface area contributed by atoms with Gasteiger partial charge in [0.15, 0.2) is 5.65 Å². The number of anilines is 1. The van der Waals surface area contributed by atoms with E-state index in [0.717, 1.165) is 5.56 Å². The van der Waals surface area contributed by atoms with E-state index < -0.39 is 12.6 Å². The molecule has 92 valence electrons. The van der Waals surface area contributed by atoms with Crippen LogP contribution in [-0.2, 0) is 6.54 Å². The fraction of sp³-hybridized carbons (Fsp3) is 0.400. The Labute approximate surface area is 95.3 Å². The number of imidazole rings is 1. The first-order valence-electron chi connectivity index (χ1n) is 5.02. The molecule has 0 aliphatic heterocycles. The number of aryl methyl sites for hydroxylation is 2. The third-order valence-electron chi connectivity index (χ3n) is 2.48. The third kappa shape index (κ3) is 2.32. The van der Waals surface area contributed by atoms with Crippen LogP contribution in [0.15, 0.2) is 12.3 Å². The summed E-state index contributed by atoms with van der Waals surface area (Å²) in [6.07, 6.45) is -3.63. The number of hydrogen-bond acceptors (Lipinski definition) is 3. The van der Waals surface area contributed by atoms with Crippen LogP contribution in [-0.4, -0.2) is 20.7 Å². The number of alkyl halides is 3. The van der Waals surface area contributed by atoms with Crippen LogP contribution in [0.25, 0.3) is 11.2 Å². The van der Waals surface area contributed by atoms with Gasteiger partial charge in [-0.1, -0.05) is 0 Å². The number of aromatic nitrogens is 3. The van der Waals surface area contributed by atoms with Gasteiger partial charge in [0.2, 0.25) is 5.95 Å². The number of hydrogen-bond donors (Lipinski definition) is 1. The van der Waals surface area contributed by atoms with Gasteiger partial charge in [0.1, 0.15) is 5.52 Å². The molecule has 2 rings (SSSR count). The topological polar surface area (TPSA) is 56.7 Å².